The first-order valence-electron chi connectivity index (χ1n) is 9.25. The molecule has 27 heavy (non-hydrogen) atoms. The fraction of sp³-hybridized carbons (Fsp3) is 0.579. The van der Waals surface area contributed by atoms with Gasteiger partial charge in [-0.05, 0) is 43.5 Å². The number of carbonyl (C=O) groups excluding carboxylic acids is 1. The Kier molecular flexibility index (Phi) is 11.1. The molecule has 1 heterocycles. The summed E-state index contributed by atoms with van der Waals surface area (Å²) in [6, 6.07) is 6.30. The second-order valence-corrected chi connectivity index (χ2v) is 6.33. The average Bonchev–Trinajstić information content (AvgIpc) is 3.12. The number of carbonyl (C=O) groups is 1. The Balaban J connectivity index is 0.00000364. The first kappa shape index (κ1) is 23.5. The Labute approximate surface area is 178 Å². The van der Waals surface area contributed by atoms with Crippen molar-refractivity contribution in [2.24, 2.45) is 4.99 Å². The number of amides is 1. The van der Waals surface area contributed by atoms with Crippen molar-refractivity contribution < 1.29 is 13.9 Å². The molecular weight excluding hydrogens is 462 g/mol. The molecule has 1 unspecified atom stereocenters. The number of aliphatic imine (C=N–C) groups is 1. The van der Waals surface area contributed by atoms with Crippen LogP contribution in [0.1, 0.15) is 32.6 Å². The normalized spacial score (nSPS) is 16.6. The predicted molar refractivity (Wildman–Crippen MR) is 116 cm³/mol. The third-order valence-corrected chi connectivity index (χ3v) is 4.35. The lowest BCUT2D eigenvalue weighted by Gasteiger charge is -2.18. The topological polar surface area (TPSA) is 66.0 Å². The summed E-state index contributed by atoms with van der Waals surface area (Å²) in [6.07, 6.45) is 3.33. The molecule has 8 heteroatoms. The minimum Gasteiger partial charge on any atom is -0.494 e. The van der Waals surface area contributed by atoms with Crippen molar-refractivity contribution in [1.29, 1.82) is 0 Å². The Bertz CT molecular complexity index is 598. The lowest BCUT2D eigenvalue weighted by Crippen LogP contribution is -2.45. The number of unbranched alkanes of at least 4 members (excludes halogenated alkanes) is 1. The van der Waals surface area contributed by atoms with Gasteiger partial charge in [0.05, 0.1) is 6.61 Å². The zero-order chi connectivity index (χ0) is 18.8. The predicted octanol–water partition coefficient (Wildman–Crippen LogP) is 2.78. The van der Waals surface area contributed by atoms with E-state index in [4.69, 9.17) is 4.74 Å². The number of guanidine groups is 1. The molecule has 152 valence electrons. The molecule has 0 saturated carbocycles. The number of hydrogen-bond donors (Lipinski definition) is 2. The molecule has 1 saturated heterocycles. The number of benzene rings is 1. The van der Waals surface area contributed by atoms with E-state index in [1.54, 1.807) is 19.2 Å². The molecule has 1 aromatic carbocycles. The number of nitrogens with one attached hydrogen (secondary N) is 2. The first-order chi connectivity index (χ1) is 12.6. The van der Waals surface area contributed by atoms with Gasteiger partial charge in [0.25, 0.3) is 0 Å². The molecule has 1 aliphatic rings. The van der Waals surface area contributed by atoms with Crippen molar-refractivity contribution >= 4 is 35.8 Å². The minimum absolute atomic E-state index is 0. The van der Waals surface area contributed by atoms with Crippen LogP contribution in [0.5, 0.6) is 5.75 Å². The maximum absolute atomic E-state index is 12.8. The summed E-state index contributed by atoms with van der Waals surface area (Å²) in [5.41, 5.74) is 0. The van der Waals surface area contributed by atoms with Gasteiger partial charge in [0.2, 0.25) is 5.91 Å². The molecule has 1 atom stereocenters. The standard InChI is InChI=1S/C19H29FN4O2.HI/c1-3-18(25)24-12-10-16(14-24)23-19(21-2)22-11-4-5-13-26-17-8-6-15(20)7-9-17;/h6-9,16H,3-5,10-14H2,1-2H3,(H2,21,22,23);1H. The van der Waals surface area contributed by atoms with Crippen molar-refractivity contribution in [2.45, 2.75) is 38.6 Å². The van der Waals surface area contributed by atoms with Gasteiger partial charge in [-0.1, -0.05) is 6.92 Å². The zero-order valence-electron chi connectivity index (χ0n) is 16.0. The van der Waals surface area contributed by atoms with Gasteiger partial charge >= 0.3 is 0 Å². The van der Waals surface area contributed by atoms with Crippen LogP contribution in [0.4, 0.5) is 4.39 Å². The fourth-order valence-electron chi connectivity index (χ4n) is 2.87. The van der Waals surface area contributed by atoms with Crippen molar-refractivity contribution in [3.05, 3.63) is 30.1 Å². The lowest BCUT2D eigenvalue weighted by atomic mass is 10.3. The van der Waals surface area contributed by atoms with Crippen LogP contribution in [0.2, 0.25) is 0 Å². The van der Waals surface area contributed by atoms with Crippen LogP contribution in [0.25, 0.3) is 0 Å². The number of rotatable bonds is 8. The molecule has 1 aliphatic heterocycles. The number of halogens is 2. The SMILES string of the molecule is CCC(=O)N1CCC(NC(=NC)NCCCCOc2ccc(F)cc2)C1.I. The summed E-state index contributed by atoms with van der Waals surface area (Å²) in [7, 11) is 1.75. The van der Waals surface area contributed by atoms with E-state index >= 15 is 0 Å². The summed E-state index contributed by atoms with van der Waals surface area (Å²) in [4.78, 5) is 17.9. The highest BCUT2D eigenvalue weighted by Crippen LogP contribution is 2.12. The highest BCUT2D eigenvalue weighted by atomic mass is 127. The molecule has 1 fully saturated rings. The molecular formula is C19H30FIN4O2. The summed E-state index contributed by atoms with van der Waals surface area (Å²) in [6.45, 7) is 4.82. The number of nitrogens with zero attached hydrogens (tertiary/aromatic N) is 2. The molecule has 0 spiro atoms. The quantitative estimate of drug-likeness (QED) is 0.254. The van der Waals surface area contributed by atoms with Crippen molar-refractivity contribution in [3.8, 4) is 5.75 Å². The van der Waals surface area contributed by atoms with E-state index in [0.29, 0.717) is 18.8 Å². The first-order valence-corrected chi connectivity index (χ1v) is 9.25. The third kappa shape index (κ3) is 8.32. The highest BCUT2D eigenvalue weighted by Gasteiger charge is 2.25. The van der Waals surface area contributed by atoms with Crippen LogP contribution in [0.15, 0.2) is 29.3 Å². The highest BCUT2D eigenvalue weighted by molar-refractivity contribution is 14.0. The molecule has 0 aromatic heterocycles. The van der Waals surface area contributed by atoms with E-state index in [2.05, 4.69) is 15.6 Å². The molecule has 0 radical (unpaired) electrons. The van der Waals surface area contributed by atoms with E-state index in [9.17, 15) is 9.18 Å². The molecule has 1 aromatic rings. The molecule has 2 rings (SSSR count). The molecule has 2 N–H and O–H groups in total. The lowest BCUT2D eigenvalue weighted by molar-refractivity contribution is -0.129. The number of ether oxygens (including phenoxy) is 1. The smallest absolute Gasteiger partial charge is 0.222 e. The molecule has 1 amide bonds. The van der Waals surface area contributed by atoms with Crippen LogP contribution < -0.4 is 15.4 Å². The zero-order valence-corrected chi connectivity index (χ0v) is 18.4. The van der Waals surface area contributed by atoms with Crippen molar-refractivity contribution in [2.75, 3.05) is 33.3 Å². The van der Waals surface area contributed by atoms with E-state index in [1.165, 1.54) is 12.1 Å². The van der Waals surface area contributed by atoms with Gasteiger partial charge < -0.3 is 20.3 Å². The Morgan fingerprint density at radius 1 is 1.33 bits per heavy atom. The Morgan fingerprint density at radius 2 is 2.07 bits per heavy atom. The number of likely N-dealkylation sites (tertiary alicyclic amines) is 1. The average molecular weight is 492 g/mol. The molecule has 0 aliphatic carbocycles. The summed E-state index contributed by atoms with van der Waals surface area (Å²) in [5, 5.41) is 6.67. The maximum atomic E-state index is 12.8. The second-order valence-electron chi connectivity index (χ2n) is 6.33. The fourth-order valence-corrected chi connectivity index (χ4v) is 2.87. The Hall–Kier alpha value is -1.58. The Morgan fingerprint density at radius 3 is 2.74 bits per heavy atom. The van der Waals surface area contributed by atoms with Gasteiger partial charge in [0.15, 0.2) is 5.96 Å². The number of hydrogen-bond acceptors (Lipinski definition) is 3. The maximum Gasteiger partial charge on any atom is 0.222 e. The van der Waals surface area contributed by atoms with Crippen molar-refractivity contribution in [3.63, 3.8) is 0 Å². The molecule has 0 bridgehead atoms. The van der Waals surface area contributed by atoms with Gasteiger partial charge in [-0.25, -0.2) is 4.39 Å². The van der Waals surface area contributed by atoms with Crippen LogP contribution in [0, 0.1) is 5.82 Å². The minimum atomic E-state index is -0.259. The van der Waals surface area contributed by atoms with Crippen LogP contribution >= 0.6 is 24.0 Å². The van der Waals surface area contributed by atoms with Crippen LogP contribution in [-0.2, 0) is 4.79 Å². The molecule has 6 nitrogen and oxygen atoms in total. The largest absolute Gasteiger partial charge is 0.494 e. The van der Waals surface area contributed by atoms with E-state index in [0.717, 1.165) is 44.9 Å². The van der Waals surface area contributed by atoms with Crippen LogP contribution in [-0.4, -0.2) is 56.1 Å². The van der Waals surface area contributed by atoms with E-state index < -0.39 is 0 Å². The van der Waals surface area contributed by atoms with Gasteiger partial charge in [-0.2, -0.15) is 0 Å². The summed E-state index contributed by atoms with van der Waals surface area (Å²) < 4.78 is 18.4. The summed E-state index contributed by atoms with van der Waals surface area (Å²) >= 11 is 0. The van der Waals surface area contributed by atoms with Crippen molar-refractivity contribution in [1.82, 2.24) is 15.5 Å². The second kappa shape index (κ2) is 12.7. The van der Waals surface area contributed by atoms with Gasteiger partial charge in [0.1, 0.15) is 11.6 Å². The van der Waals surface area contributed by atoms with E-state index in [-0.39, 0.29) is 41.7 Å². The monoisotopic (exact) mass is 492 g/mol. The van der Waals surface area contributed by atoms with Gasteiger partial charge in [-0.3, -0.25) is 9.79 Å². The van der Waals surface area contributed by atoms with Crippen LogP contribution in [0.3, 0.4) is 0 Å². The third-order valence-electron chi connectivity index (χ3n) is 4.35. The summed E-state index contributed by atoms with van der Waals surface area (Å²) in [5.74, 6) is 1.40. The van der Waals surface area contributed by atoms with Gasteiger partial charge in [0, 0.05) is 39.1 Å². The van der Waals surface area contributed by atoms with Gasteiger partial charge in [-0.15, -0.1) is 24.0 Å². The van der Waals surface area contributed by atoms with E-state index in [1.807, 2.05) is 11.8 Å².